The number of carbonyl (C=O) groups excluding carboxylic acids is 4. The molecule has 1 aromatic heterocycles. The number of hydrogen-bond acceptors (Lipinski definition) is 7. The summed E-state index contributed by atoms with van der Waals surface area (Å²) in [4.78, 5) is 47.0. The summed E-state index contributed by atoms with van der Waals surface area (Å²) >= 11 is 0. The molecule has 0 aliphatic carbocycles. The first-order valence-corrected chi connectivity index (χ1v) is 9.71. The molecule has 3 rings (SSSR count). The molecule has 2 aromatic carbocycles. The second-order valence-corrected chi connectivity index (χ2v) is 6.74. The van der Waals surface area contributed by atoms with E-state index in [9.17, 15) is 19.2 Å². The molecule has 3 aromatic rings. The van der Waals surface area contributed by atoms with Crippen molar-refractivity contribution in [2.45, 2.75) is 13.8 Å². The molecule has 0 radical (unpaired) electrons. The molecule has 3 amide bonds. The minimum Gasteiger partial charge on any atom is -0.457 e. The van der Waals surface area contributed by atoms with E-state index in [0.717, 1.165) is 0 Å². The average Bonchev–Trinajstić information content (AvgIpc) is 3.34. The molecule has 33 heavy (non-hydrogen) atoms. The van der Waals surface area contributed by atoms with E-state index in [1.54, 1.807) is 61.5 Å². The van der Waals surface area contributed by atoms with Gasteiger partial charge in [-0.2, -0.15) is 5.10 Å². The van der Waals surface area contributed by atoms with Gasteiger partial charge in [-0.15, -0.1) is 0 Å². The Kier molecular flexibility index (Phi) is 7.32. The van der Waals surface area contributed by atoms with Crippen LogP contribution >= 0.6 is 0 Å². The topological polar surface area (TPSA) is 139 Å². The van der Waals surface area contributed by atoms with Crippen LogP contribution in [0.15, 0.2) is 76.4 Å². The summed E-state index contributed by atoms with van der Waals surface area (Å²) in [6.45, 7) is 3.02. The lowest BCUT2D eigenvalue weighted by molar-refractivity contribution is -0.136. The van der Waals surface area contributed by atoms with E-state index in [1.165, 1.54) is 19.3 Å². The molecule has 3 N–H and O–H groups in total. The fourth-order valence-corrected chi connectivity index (χ4v) is 2.59. The van der Waals surface area contributed by atoms with Gasteiger partial charge in [-0.05, 0) is 73.2 Å². The summed E-state index contributed by atoms with van der Waals surface area (Å²) in [6.07, 6.45) is 1.37. The van der Waals surface area contributed by atoms with Crippen molar-refractivity contribution in [3.05, 3.63) is 78.3 Å². The molecule has 0 aliphatic heterocycles. The van der Waals surface area contributed by atoms with E-state index < -0.39 is 17.8 Å². The number of amides is 3. The Morgan fingerprint density at radius 2 is 1.45 bits per heavy atom. The Bertz CT molecular complexity index is 1180. The highest BCUT2D eigenvalue weighted by atomic mass is 16.5. The van der Waals surface area contributed by atoms with Gasteiger partial charge in [0, 0.05) is 18.3 Å². The second-order valence-electron chi connectivity index (χ2n) is 6.74. The van der Waals surface area contributed by atoms with Crippen LogP contribution in [0.1, 0.15) is 30.0 Å². The van der Waals surface area contributed by atoms with Crippen LogP contribution in [0.2, 0.25) is 0 Å². The second kappa shape index (κ2) is 10.5. The van der Waals surface area contributed by atoms with Gasteiger partial charge in [0.05, 0.1) is 12.0 Å². The van der Waals surface area contributed by atoms with Crippen molar-refractivity contribution in [1.82, 2.24) is 5.43 Å². The van der Waals surface area contributed by atoms with Gasteiger partial charge in [-0.3, -0.25) is 14.4 Å². The Morgan fingerprint density at radius 1 is 0.818 bits per heavy atom. The van der Waals surface area contributed by atoms with Gasteiger partial charge in [0.2, 0.25) is 11.7 Å². The maximum atomic E-state index is 12.1. The van der Waals surface area contributed by atoms with Crippen LogP contribution in [0, 0.1) is 0 Å². The monoisotopic (exact) mass is 448 g/mol. The highest BCUT2D eigenvalue weighted by Gasteiger charge is 2.14. The Balaban J connectivity index is 1.53. The molecular formula is C23H20N4O6. The first-order chi connectivity index (χ1) is 15.8. The van der Waals surface area contributed by atoms with Crippen molar-refractivity contribution in [2.24, 2.45) is 5.10 Å². The van der Waals surface area contributed by atoms with Gasteiger partial charge < -0.3 is 19.8 Å². The first-order valence-electron chi connectivity index (χ1n) is 9.71. The van der Waals surface area contributed by atoms with E-state index in [4.69, 9.17) is 9.15 Å². The molecule has 0 aliphatic rings. The van der Waals surface area contributed by atoms with Crippen molar-refractivity contribution < 1.29 is 28.3 Å². The maximum Gasteiger partial charge on any atom is 0.379 e. The number of nitrogens with zero attached hydrogens (tertiary/aromatic N) is 1. The third-order valence-corrected chi connectivity index (χ3v) is 4.20. The summed E-state index contributed by atoms with van der Waals surface area (Å²) in [5, 5.41) is 8.95. The average molecular weight is 448 g/mol. The lowest BCUT2D eigenvalue weighted by Gasteiger charge is -2.07. The molecule has 0 atom stereocenters. The number of ether oxygens (including phenoxy) is 1. The van der Waals surface area contributed by atoms with Crippen LogP contribution in [0.3, 0.4) is 0 Å². The number of anilines is 2. The van der Waals surface area contributed by atoms with Crippen LogP contribution in [0.4, 0.5) is 11.4 Å². The van der Waals surface area contributed by atoms with Crippen LogP contribution in [0.25, 0.3) is 0 Å². The van der Waals surface area contributed by atoms with E-state index in [-0.39, 0.29) is 11.7 Å². The fourth-order valence-electron chi connectivity index (χ4n) is 2.59. The number of hydrogen-bond donors (Lipinski definition) is 3. The van der Waals surface area contributed by atoms with Crippen molar-refractivity contribution in [3.63, 3.8) is 0 Å². The smallest absolute Gasteiger partial charge is 0.379 e. The highest BCUT2D eigenvalue weighted by Crippen LogP contribution is 2.15. The number of furan rings is 1. The molecule has 0 unspecified atom stereocenters. The minimum absolute atomic E-state index is 0.0847. The van der Waals surface area contributed by atoms with Crippen molar-refractivity contribution in [3.8, 4) is 5.75 Å². The van der Waals surface area contributed by atoms with Crippen LogP contribution in [-0.2, 0) is 14.4 Å². The number of rotatable bonds is 6. The zero-order chi connectivity index (χ0) is 23.8. The fraction of sp³-hybridized carbons (Fsp3) is 0.0870. The number of benzene rings is 2. The normalized spacial score (nSPS) is 10.8. The minimum atomic E-state index is -0.954. The highest BCUT2D eigenvalue weighted by molar-refractivity contribution is 6.39. The van der Waals surface area contributed by atoms with Gasteiger partial charge in [-0.1, -0.05) is 0 Å². The van der Waals surface area contributed by atoms with Crippen molar-refractivity contribution in [2.75, 3.05) is 10.6 Å². The largest absolute Gasteiger partial charge is 0.457 e. The van der Waals surface area contributed by atoms with Gasteiger partial charge in [0.15, 0.2) is 0 Å². The Hall–Kier alpha value is -4.73. The number of esters is 1. The molecule has 0 fully saturated rings. The van der Waals surface area contributed by atoms with Crippen molar-refractivity contribution in [1.29, 1.82) is 0 Å². The molecule has 10 heteroatoms. The van der Waals surface area contributed by atoms with E-state index >= 15 is 0 Å². The van der Waals surface area contributed by atoms with Crippen molar-refractivity contribution >= 4 is 40.8 Å². The molecule has 0 spiro atoms. The number of nitrogens with one attached hydrogen (secondary N) is 3. The summed E-state index contributed by atoms with van der Waals surface area (Å²) in [5.74, 6) is -2.31. The summed E-state index contributed by atoms with van der Waals surface area (Å²) < 4.78 is 10.2. The van der Waals surface area contributed by atoms with Crippen LogP contribution in [-0.4, -0.2) is 29.4 Å². The van der Waals surface area contributed by atoms with Gasteiger partial charge >= 0.3 is 17.8 Å². The third-order valence-electron chi connectivity index (χ3n) is 4.20. The first kappa shape index (κ1) is 22.9. The zero-order valence-corrected chi connectivity index (χ0v) is 17.7. The summed E-state index contributed by atoms with van der Waals surface area (Å²) in [5.41, 5.74) is 4.20. The number of carbonyl (C=O) groups is 4. The standard InChI is InChI=1S/C23H20N4O6/c1-14(16-5-11-19(12-6-16)33-23(31)20-4-3-13-32-20)26-27-22(30)21(29)25-18-9-7-17(8-10-18)24-15(2)28/h3-13H,1-2H3,(H,24,28)(H,25,29)(H,27,30)/b26-14+. The lowest BCUT2D eigenvalue weighted by atomic mass is 10.1. The lowest BCUT2D eigenvalue weighted by Crippen LogP contribution is -2.32. The van der Waals surface area contributed by atoms with E-state index in [0.29, 0.717) is 28.4 Å². The molecule has 0 saturated carbocycles. The van der Waals surface area contributed by atoms with Gasteiger partial charge in [0.25, 0.3) is 0 Å². The summed E-state index contributed by atoms with van der Waals surface area (Å²) in [6, 6.07) is 15.8. The zero-order valence-electron chi connectivity index (χ0n) is 17.7. The third kappa shape index (κ3) is 6.62. The van der Waals surface area contributed by atoms with E-state index in [2.05, 4.69) is 21.2 Å². The Morgan fingerprint density at radius 3 is 2.03 bits per heavy atom. The predicted molar refractivity (Wildman–Crippen MR) is 120 cm³/mol. The molecule has 0 bridgehead atoms. The van der Waals surface area contributed by atoms with Crippen LogP contribution in [0.5, 0.6) is 5.75 Å². The number of hydrazone groups is 1. The Labute approximate surface area is 188 Å². The molecular weight excluding hydrogens is 428 g/mol. The van der Waals surface area contributed by atoms with E-state index in [1.807, 2.05) is 0 Å². The molecule has 0 saturated heterocycles. The molecule has 1 heterocycles. The molecule has 10 nitrogen and oxygen atoms in total. The SMILES string of the molecule is CC(=O)Nc1ccc(NC(=O)C(=O)N/N=C(\C)c2ccc(OC(=O)c3ccco3)cc2)cc1. The summed E-state index contributed by atoms with van der Waals surface area (Å²) in [7, 11) is 0. The van der Waals surface area contributed by atoms with Crippen LogP contribution < -0.4 is 20.8 Å². The van der Waals surface area contributed by atoms with Gasteiger partial charge in [-0.25, -0.2) is 10.2 Å². The van der Waals surface area contributed by atoms with Gasteiger partial charge in [0.1, 0.15) is 5.75 Å². The maximum absolute atomic E-state index is 12.1. The predicted octanol–water partition coefficient (Wildman–Crippen LogP) is 2.94. The molecule has 168 valence electrons. The quantitative estimate of drug-likeness (QED) is 0.174.